The molecule has 0 amide bonds. The van der Waals surface area contributed by atoms with E-state index in [4.69, 9.17) is 23.2 Å². The molecule has 0 aliphatic heterocycles. The van der Waals surface area contributed by atoms with E-state index in [1.807, 2.05) is 0 Å². The van der Waals surface area contributed by atoms with Gasteiger partial charge < -0.3 is 9.55 Å². The maximum atomic E-state index is 12.0. The molecule has 3 heterocycles. The first kappa shape index (κ1) is 12.1. The van der Waals surface area contributed by atoms with Crippen LogP contribution in [0.2, 0.25) is 10.4 Å². The highest BCUT2D eigenvalue weighted by molar-refractivity contribution is 6.35. The minimum Gasteiger partial charge on any atom is -0.359 e. The van der Waals surface area contributed by atoms with Gasteiger partial charge in [-0.25, -0.2) is 9.97 Å². The average molecular weight is 296 g/mol. The molecule has 19 heavy (non-hydrogen) atoms. The van der Waals surface area contributed by atoms with E-state index >= 15 is 0 Å². The van der Waals surface area contributed by atoms with Crippen LogP contribution in [-0.2, 0) is 6.54 Å². The second-order valence-corrected chi connectivity index (χ2v) is 4.53. The van der Waals surface area contributed by atoms with Crippen LogP contribution in [0.3, 0.4) is 0 Å². The number of aromatic amines is 1. The van der Waals surface area contributed by atoms with Gasteiger partial charge in [0, 0.05) is 6.20 Å². The summed E-state index contributed by atoms with van der Waals surface area (Å²) in [7, 11) is 0. The van der Waals surface area contributed by atoms with E-state index in [-0.39, 0.29) is 22.8 Å². The number of carbonyl (C=O) groups excluding carboxylic acids is 1. The molecule has 0 saturated heterocycles. The summed E-state index contributed by atoms with van der Waals surface area (Å²) in [4.78, 5) is 26.8. The topological polar surface area (TPSA) is 76.5 Å². The van der Waals surface area contributed by atoms with Crippen LogP contribution >= 0.6 is 23.2 Å². The fourth-order valence-corrected chi connectivity index (χ4v) is 2.17. The molecule has 0 saturated carbocycles. The number of fused-ring (bicyclic) bond motifs is 1. The lowest BCUT2D eigenvalue weighted by atomic mass is 10.3. The molecule has 0 atom stereocenters. The molecule has 0 aliphatic carbocycles. The van der Waals surface area contributed by atoms with Crippen LogP contribution < -0.4 is 0 Å². The quantitative estimate of drug-likeness (QED) is 0.457. The van der Waals surface area contributed by atoms with Crippen molar-refractivity contribution in [1.29, 1.82) is 0 Å². The summed E-state index contributed by atoms with van der Waals surface area (Å²) >= 11 is 11.7. The molecule has 1 N–H and O–H groups in total. The van der Waals surface area contributed by atoms with E-state index in [0.29, 0.717) is 16.9 Å². The summed E-state index contributed by atoms with van der Waals surface area (Å²) in [6.45, 7) is 0.0979. The van der Waals surface area contributed by atoms with E-state index in [1.165, 1.54) is 6.33 Å². The molecule has 0 aliphatic rings. The Morgan fingerprint density at radius 1 is 1.37 bits per heavy atom. The number of aromatic nitrogens is 5. The van der Waals surface area contributed by atoms with Crippen molar-refractivity contribution < 1.29 is 4.79 Å². The Hall–Kier alpha value is -1.92. The van der Waals surface area contributed by atoms with Crippen LogP contribution in [0.25, 0.3) is 11.2 Å². The molecule has 3 rings (SSSR count). The molecule has 0 bridgehead atoms. The molecule has 3 aromatic heterocycles. The van der Waals surface area contributed by atoms with Crippen LogP contribution in [0, 0.1) is 0 Å². The van der Waals surface area contributed by atoms with Gasteiger partial charge in [0.05, 0.1) is 18.6 Å². The number of imidazole rings is 1. The van der Waals surface area contributed by atoms with Crippen LogP contribution in [-0.4, -0.2) is 30.3 Å². The summed E-state index contributed by atoms with van der Waals surface area (Å²) in [6, 6.07) is 3.46. The van der Waals surface area contributed by atoms with Gasteiger partial charge in [-0.15, -0.1) is 0 Å². The lowest BCUT2D eigenvalue weighted by Gasteiger charge is -2.02. The van der Waals surface area contributed by atoms with Gasteiger partial charge >= 0.3 is 0 Å². The molecule has 0 radical (unpaired) electrons. The smallest absolute Gasteiger partial charge is 0.225 e. The zero-order chi connectivity index (χ0) is 13.4. The van der Waals surface area contributed by atoms with Gasteiger partial charge in [-0.2, -0.15) is 4.98 Å². The first-order valence-corrected chi connectivity index (χ1v) is 6.11. The van der Waals surface area contributed by atoms with E-state index in [2.05, 4.69) is 19.9 Å². The van der Waals surface area contributed by atoms with Crippen molar-refractivity contribution >= 4 is 40.1 Å². The summed E-state index contributed by atoms with van der Waals surface area (Å²) in [5, 5.41) is 0.188. The van der Waals surface area contributed by atoms with Crippen molar-refractivity contribution in [3.05, 3.63) is 40.8 Å². The molecule has 0 spiro atoms. The highest BCUT2D eigenvalue weighted by atomic mass is 35.5. The lowest BCUT2D eigenvalue weighted by molar-refractivity contribution is 0.0969. The number of hydrogen-bond acceptors (Lipinski definition) is 4. The van der Waals surface area contributed by atoms with Crippen molar-refractivity contribution in [1.82, 2.24) is 24.5 Å². The maximum Gasteiger partial charge on any atom is 0.225 e. The van der Waals surface area contributed by atoms with E-state index in [9.17, 15) is 4.79 Å². The Kier molecular flexibility index (Phi) is 2.96. The molecule has 0 fully saturated rings. The van der Waals surface area contributed by atoms with Crippen LogP contribution in [0.5, 0.6) is 0 Å². The Bertz CT molecular complexity index is 750. The van der Waals surface area contributed by atoms with Gasteiger partial charge in [0.25, 0.3) is 0 Å². The molecule has 6 nitrogen and oxygen atoms in total. The van der Waals surface area contributed by atoms with Gasteiger partial charge in [-0.05, 0) is 23.7 Å². The van der Waals surface area contributed by atoms with Crippen LogP contribution in [0.4, 0.5) is 0 Å². The zero-order valence-electron chi connectivity index (χ0n) is 9.47. The molecule has 0 aromatic carbocycles. The van der Waals surface area contributed by atoms with Crippen LogP contribution in [0.15, 0.2) is 24.7 Å². The highest BCUT2D eigenvalue weighted by Gasteiger charge is 2.14. The summed E-state index contributed by atoms with van der Waals surface area (Å²) in [6.07, 6.45) is 3.18. The molecule has 3 aromatic rings. The highest BCUT2D eigenvalue weighted by Crippen LogP contribution is 2.20. The molecule has 96 valence electrons. The van der Waals surface area contributed by atoms with E-state index in [0.717, 1.165) is 0 Å². The van der Waals surface area contributed by atoms with E-state index in [1.54, 1.807) is 22.9 Å². The monoisotopic (exact) mass is 295 g/mol. The molecule has 8 heteroatoms. The summed E-state index contributed by atoms with van der Waals surface area (Å²) in [5.74, 6) is -0.0878. The normalized spacial score (nSPS) is 11.1. The Morgan fingerprint density at radius 3 is 2.95 bits per heavy atom. The number of nitrogens with zero attached hydrogens (tertiary/aromatic N) is 4. The first-order chi connectivity index (χ1) is 9.15. The second-order valence-electron chi connectivity index (χ2n) is 3.84. The minimum atomic E-state index is -0.0878. The van der Waals surface area contributed by atoms with Gasteiger partial charge in [0.2, 0.25) is 5.28 Å². The van der Waals surface area contributed by atoms with Gasteiger partial charge in [-0.3, -0.25) is 4.79 Å². The van der Waals surface area contributed by atoms with Crippen molar-refractivity contribution in [2.75, 3.05) is 0 Å². The first-order valence-electron chi connectivity index (χ1n) is 5.35. The maximum absolute atomic E-state index is 12.0. The van der Waals surface area contributed by atoms with Gasteiger partial charge in [0.1, 0.15) is 5.52 Å². The standard InChI is InChI=1S/C11H7Cl2N5O/c12-9-8-10(17-11(13)16-9)18(5-15-8)4-7(19)6-2-1-3-14-6/h1-3,5,14H,4H2. The second kappa shape index (κ2) is 4.64. The zero-order valence-corrected chi connectivity index (χ0v) is 11.0. The third-order valence-corrected chi connectivity index (χ3v) is 3.04. The fraction of sp³-hybridized carbons (Fsp3) is 0.0909. The van der Waals surface area contributed by atoms with Crippen LogP contribution in [0.1, 0.15) is 10.5 Å². The van der Waals surface area contributed by atoms with Crippen molar-refractivity contribution in [2.45, 2.75) is 6.54 Å². The average Bonchev–Trinajstić information content (AvgIpc) is 2.99. The molecule has 0 unspecified atom stereocenters. The number of rotatable bonds is 3. The number of carbonyl (C=O) groups is 1. The predicted octanol–water partition coefficient (Wildman–Crippen LogP) is 2.34. The lowest BCUT2D eigenvalue weighted by Crippen LogP contribution is -2.10. The summed E-state index contributed by atoms with van der Waals surface area (Å²) < 4.78 is 1.58. The number of Topliss-reactive ketones (excluding diaryl/α,β-unsaturated/α-hetero) is 1. The third-order valence-electron chi connectivity index (χ3n) is 2.61. The Morgan fingerprint density at radius 2 is 2.21 bits per heavy atom. The Labute approximate surface area is 117 Å². The fourth-order valence-electron chi connectivity index (χ4n) is 1.74. The molecular formula is C11H7Cl2N5O. The van der Waals surface area contributed by atoms with E-state index < -0.39 is 0 Å². The van der Waals surface area contributed by atoms with Crippen molar-refractivity contribution in [3.63, 3.8) is 0 Å². The molecular weight excluding hydrogens is 289 g/mol. The van der Waals surface area contributed by atoms with Gasteiger partial charge in [0.15, 0.2) is 16.6 Å². The number of halogens is 2. The predicted molar refractivity (Wildman–Crippen MR) is 70.5 cm³/mol. The summed E-state index contributed by atoms with van der Waals surface area (Å²) in [5.41, 5.74) is 1.38. The van der Waals surface area contributed by atoms with Gasteiger partial charge in [-0.1, -0.05) is 11.6 Å². The number of hydrogen-bond donors (Lipinski definition) is 1. The minimum absolute atomic E-state index is 0.0200. The number of H-pyrrole nitrogens is 1. The van der Waals surface area contributed by atoms with Crippen molar-refractivity contribution in [3.8, 4) is 0 Å². The number of ketones is 1. The SMILES string of the molecule is O=C(Cn1cnc2c(Cl)nc(Cl)nc21)c1ccc[nH]1. The van der Waals surface area contributed by atoms with Crippen molar-refractivity contribution in [2.24, 2.45) is 0 Å². The number of nitrogens with one attached hydrogen (secondary N) is 1. The largest absolute Gasteiger partial charge is 0.359 e. The Balaban J connectivity index is 2.00. The third kappa shape index (κ3) is 2.20.